The Hall–Kier alpha value is -8.64. The van der Waals surface area contributed by atoms with Crippen LogP contribution >= 0.6 is 11.3 Å². The van der Waals surface area contributed by atoms with Gasteiger partial charge in [-0.2, -0.15) is 0 Å². The zero-order valence-electron chi connectivity index (χ0n) is 36.0. The number of fused-ring (bicyclic) bond motifs is 13. The number of nitrogens with zero attached hydrogens (tertiary/aromatic N) is 4. The zero-order valence-corrected chi connectivity index (χ0v) is 36.8. The first-order valence-corrected chi connectivity index (χ1v) is 23.6. The highest BCUT2D eigenvalue weighted by atomic mass is 32.1. The Morgan fingerprint density at radius 3 is 1.82 bits per heavy atom. The summed E-state index contributed by atoms with van der Waals surface area (Å²) in [5.41, 5.74) is 11.1. The highest BCUT2D eigenvalue weighted by Gasteiger charge is 2.20. The minimum absolute atomic E-state index is 0.723. The first-order chi connectivity index (χ1) is 33.2. The van der Waals surface area contributed by atoms with Crippen LogP contribution in [0.3, 0.4) is 0 Å². The molecule has 0 saturated carbocycles. The van der Waals surface area contributed by atoms with Gasteiger partial charge in [0, 0.05) is 69.3 Å². The maximum absolute atomic E-state index is 5.37. The topological polar surface area (TPSA) is 35.6 Å². The lowest BCUT2D eigenvalue weighted by Gasteiger charge is -2.14. The summed E-state index contributed by atoms with van der Waals surface area (Å²) in [5.74, 6) is 0.723. The molecule has 0 atom stereocenters. The lowest BCUT2D eigenvalue weighted by Crippen LogP contribution is -1.97. The van der Waals surface area contributed by atoms with Gasteiger partial charge in [-0.1, -0.05) is 146 Å². The average molecular weight is 869 g/mol. The lowest BCUT2D eigenvalue weighted by atomic mass is 10.0. The van der Waals surface area contributed by atoms with Crippen molar-refractivity contribution < 1.29 is 0 Å². The van der Waals surface area contributed by atoms with E-state index in [1.165, 1.54) is 91.0 Å². The Kier molecular flexibility index (Phi) is 7.63. The molecule has 0 bridgehead atoms. The van der Waals surface area contributed by atoms with E-state index >= 15 is 0 Å². The first-order valence-electron chi connectivity index (χ1n) is 22.8. The molecule has 0 aliphatic rings. The summed E-state index contributed by atoms with van der Waals surface area (Å²) in [5, 5.41) is 15.8. The number of aromatic nitrogens is 4. The second-order valence-electron chi connectivity index (χ2n) is 17.7. The Morgan fingerprint density at radius 2 is 0.955 bits per heavy atom. The van der Waals surface area contributed by atoms with Crippen molar-refractivity contribution in [3.05, 3.63) is 218 Å². The van der Waals surface area contributed by atoms with Crippen molar-refractivity contribution in [2.45, 2.75) is 0 Å². The third-order valence-electron chi connectivity index (χ3n) is 14.0. The van der Waals surface area contributed by atoms with Crippen LogP contribution in [-0.4, -0.2) is 19.1 Å². The van der Waals surface area contributed by atoms with Crippen molar-refractivity contribution in [2.75, 3.05) is 0 Å². The van der Waals surface area contributed by atoms with Crippen LogP contribution in [0.4, 0.5) is 0 Å². The van der Waals surface area contributed by atoms with Crippen LogP contribution in [0.1, 0.15) is 0 Å². The summed E-state index contributed by atoms with van der Waals surface area (Å²) < 4.78 is 7.44. The molecule has 0 amide bonds. The van der Waals surface area contributed by atoms with E-state index in [-0.39, 0.29) is 0 Å². The van der Waals surface area contributed by atoms with Crippen LogP contribution in [0.5, 0.6) is 0 Å². The molecule has 67 heavy (non-hydrogen) atoms. The molecule has 0 aliphatic carbocycles. The van der Waals surface area contributed by atoms with E-state index in [0.717, 1.165) is 50.0 Å². The standard InChI is InChI=1S/C62H36N4S/c1-2-14-38-34-58-51(33-37(38)13-1)44-16-5-9-24-55(44)66(58)56-25-11-15-41-35-57-52(36-50(41)56)45-17-4-8-23-54(45)65(57)43-30-29-39-31-42(28-27-40(39)32-43)62-63-53-22-7-3-19-48(53)60(64-62)49-21-12-20-47-46-18-6-10-26-59(46)67-61(47)49/h1-36H. The second-order valence-corrected chi connectivity index (χ2v) is 18.8. The molecule has 11 aromatic carbocycles. The highest BCUT2D eigenvalue weighted by molar-refractivity contribution is 7.26. The molecular weight excluding hydrogens is 833 g/mol. The molecule has 5 heteroatoms. The predicted molar refractivity (Wildman–Crippen MR) is 284 cm³/mol. The summed E-state index contributed by atoms with van der Waals surface area (Å²) in [7, 11) is 0. The lowest BCUT2D eigenvalue weighted by molar-refractivity contribution is 1.18. The van der Waals surface area contributed by atoms with E-state index in [1.807, 2.05) is 11.3 Å². The van der Waals surface area contributed by atoms with Gasteiger partial charge in [-0.3, -0.25) is 0 Å². The molecule has 310 valence electrons. The molecule has 15 aromatic rings. The van der Waals surface area contributed by atoms with Gasteiger partial charge < -0.3 is 9.13 Å². The zero-order chi connectivity index (χ0) is 43.7. The van der Waals surface area contributed by atoms with Gasteiger partial charge in [-0.15, -0.1) is 11.3 Å². The van der Waals surface area contributed by atoms with Crippen LogP contribution in [0.15, 0.2) is 218 Å². The number of hydrogen-bond donors (Lipinski definition) is 0. The fourth-order valence-corrected chi connectivity index (χ4v) is 12.2. The Morgan fingerprint density at radius 1 is 0.343 bits per heavy atom. The van der Waals surface area contributed by atoms with Crippen molar-refractivity contribution >= 4 is 118 Å². The number of para-hydroxylation sites is 3. The van der Waals surface area contributed by atoms with E-state index in [1.54, 1.807) is 0 Å². The molecule has 4 aromatic heterocycles. The molecule has 0 saturated heterocycles. The molecule has 0 N–H and O–H groups in total. The monoisotopic (exact) mass is 868 g/mol. The summed E-state index contributed by atoms with van der Waals surface area (Å²) in [6.45, 7) is 0. The van der Waals surface area contributed by atoms with Gasteiger partial charge in [0.15, 0.2) is 5.82 Å². The van der Waals surface area contributed by atoms with Crippen molar-refractivity contribution in [2.24, 2.45) is 0 Å². The average Bonchev–Trinajstić information content (AvgIpc) is 4.04. The van der Waals surface area contributed by atoms with Gasteiger partial charge in [0.2, 0.25) is 0 Å². The quantitative estimate of drug-likeness (QED) is 0.177. The van der Waals surface area contributed by atoms with Crippen molar-refractivity contribution in [1.82, 2.24) is 19.1 Å². The summed E-state index contributed by atoms with van der Waals surface area (Å²) in [6.07, 6.45) is 0. The molecule has 0 radical (unpaired) electrons. The van der Waals surface area contributed by atoms with Crippen LogP contribution in [-0.2, 0) is 0 Å². The van der Waals surface area contributed by atoms with Gasteiger partial charge in [-0.25, -0.2) is 9.97 Å². The number of benzene rings is 11. The molecule has 15 rings (SSSR count). The van der Waals surface area contributed by atoms with E-state index in [9.17, 15) is 0 Å². The van der Waals surface area contributed by atoms with Crippen molar-refractivity contribution in [3.8, 4) is 34.0 Å². The van der Waals surface area contributed by atoms with Crippen molar-refractivity contribution in [3.63, 3.8) is 0 Å². The van der Waals surface area contributed by atoms with E-state index in [2.05, 4.69) is 228 Å². The van der Waals surface area contributed by atoms with Crippen molar-refractivity contribution in [1.29, 1.82) is 0 Å². The highest BCUT2D eigenvalue weighted by Crippen LogP contribution is 2.43. The molecular formula is C62H36N4S. The molecule has 4 heterocycles. The fraction of sp³-hybridized carbons (Fsp3) is 0. The predicted octanol–water partition coefficient (Wildman–Crippen LogP) is 17.0. The van der Waals surface area contributed by atoms with Crippen LogP contribution < -0.4 is 0 Å². The van der Waals surface area contributed by atoms with Crippen LogP contribution in [0.2, 0.25) is 0 Å². The number of hydrogen-bond acceptors (Lipinski definition) is 3. The minimum atomic E-state index is 0.723. The third kappa shape index (κ3) is 5.40. The summed E-state index contributed by atoms with van der Waals surface area (Å²) in [4.78, 5) is 10.5. The van der Waals surface area contributed by atoms with Crippen LogP contribution in [0.25, 0.3) is 141 Å². The molecule has 0 unspecified atom stereocenters. The van der Waals surface area contributed by atoms with E-state index in [0.29, 0.717) is 0 Å². The fourth-order valence-electron chi connectivity index (χ4n) is 11.0. The van der Waals surface area contributed by atoms with Gasteiger partial charge in [0.05, 0.1) is 39.0 Å². The maximum atomic E-state index is 5.37. The van der Waals surface area contributed by atoms with E-state index < -0.39 is 0 Å². The third-order valence-corrected chi connectivity index (χ3v) is 15.3. The molecule has 0 fully saturated rings. The second kappa shape index (κ2) is 13.9. The normalized spacial score (nSPS) is 12.2. The largest absolute Gasteiger partial charge is 0.309 e. The maximum Gasteiger partial charge on any atom is 0.160 e. The Bertz CT molecular complexity index is 4590. The summed E-state index contributed by atoms with van der Waals surface area (Å²) in [6, 6.07) is 79.7. The summed E-state index contributed by atoms with van der Waals surface area (Å²) >= 11 is 1.83. The Labute approximate surface area is 387 Å². The number of thiophene rings is 1. The Balaban J connectivity index is 0.877. The molecule has 0 aliphatic heterocycles. The van der Waals surface area contributed by atoms with E-state index in [4.69, 9.17) is 9.97 Å². The molecule has 0 spiro atoms. The van der Waals surface area contributed by atoms with Gasteiger partial charge in [-0.05, 0) is 99.7 Å². The SMILES string of the molecule is c1ccc2cc3c(cc2c1)c1ccccc1n3-c1cccc2cc3c(cc12)c1ccccc1n3-c1ccc2cc(-c3nc(-c4cccc5c4sc4ccccc45)c4ccccc4n3)ccc2c1. The smallest absolute Gasteiger partial charge is 0.160 e. The van der Waals surface area contributed by atoms with Crippen LogP contribution in [0, 0.1) is 0 Å². The number of rotatable bonds is 4. The van der Waals surface area contributed by atoms with Gasteiger partial charge in [0.1, 0.15) is 0 Å². The molecule has 4 nitrogen and oxygen atoms in total. The first kappa shape index (κ1) is 36.7. The van der Waals surface area contributed by atoms with Gasteiger partial charge >= 0.3 is 0 Å². The van der Waals surface area contributed by atoms with Gasteiger partial charge in [0.25, 0.3) is 0 Å². The minimum Gasteiger partial charge on any atom is -0.309 e.